The van der Waals surface area contributed by atoms with Crippen LogP contribution in [0.15, 0.2) is 30.6 Å². The molecule has 100 valence electrons. The Balaban J connectivity index is 2.16. The van der Waals surface area contributed by atoms with Crippen LogP contribution in [0.5, 0.6) is 5.75 Å². The quantitative estimate of drug-likeness (QED) is 0.726. The molecular weight excluding hydrogens is 244 g/mol. The molecule has 4 N–H and O–H groups in total. The number of aromatic amines is 1. The average molecular weight is 260 g/mol. The summed E-state index contributed by atoms with van der Waals surface area (Å²) >= 11 is 0. The number of nitrogens with zero attached hydrogens (tertiary/aromatic N) is 1. The van der Waals surface area contributed by atoms with Gasteiger partial charge in [-0.3, -0.25) is 4.79 Å². The normalized spacial score (nSPS) is 11.9. The first-order chi connectivity index (χ1) is 9.13. The van der Waals surface area contributed by atoms with Crippen LogP contribution < -0.4 is 15.8 Å². The second kappa shape index (κ2) is 5.43. The molecule has 0 aliphatic carbocycles. The maximum atomic E-state index is 12.2. The molecule has 0 fully saturated rings. The number of imidazole rings is 1. The van der Waals surface area contributed by atoms with Gasteiger partial charge in [-0.05, 0) is 19.1 Å². The van der Waals surface area contributed by atoms with Crippen molar-refractivity contribution in [2.75, 3.05) is 12.8 Å². The van der Waals surface area contributed by atoms with E-state index in [1.165, 1.54) is 7.11 Å². The van der Waals surface area contributed by atoms with Crippen LogP contribution in [-0.2, 0) is 0 Å². The van der Waals surface area contributed by atoms with Gasteiger partial charge in [0.1, 0.15) is 11.6 Å². The molecule has 1 amide bonds. The molecule has 1 unspecified atom stereocenters. The molecule has 2 aromatic rings. The summed E-state index contributed by atoms with van der Waals surface area (Å²) in [6.07, 6.45) is 3.34. The van der Waals surface area contributed by atoms with Gasteiger partial charge in [0.2, 0.25) is 0 Å². The van der Waals surface area contributed by atoms with Crippen LogP contribution in [0, 0.1) is 0 Å². The number of amides is 1. The minimum atomic E-state index is -0.264. The lowest BCUT2D eigenvalue weighted by molar-refractivity contribution is 0.0939. The molecule has 1 aromatic carbocycles. The van der Waals surface area contributed by atoms with Crippen molar-refractivity contribution >= 4 is 11.6 Å². The van der Waals surface area contributed by atoms with Crippen molar-refractivity contribution in [1.82, 2.24) is 15.3 Å². The van der Waals surface area contributed by atoms with Crippen LogP contribution in [-0.4, -0.2) is 23.0 Å². The first-order valence-corrected chi connectivity index (χ1v) is 5.86. The lowest BCUT2D eigenvalue weighted by Gasteiger charge is -2.14. The standard InChI is InChI=1S/C13H16N4O2/c1-8(12-15-6-7-16-12)17-13(18)9-4-3-5-10(19-2)11(9)14/h3-8H,14H2,1-2H3,(H,15,16)(H,17,18). The second-order valence-electron chi connectivity index (χ2n) is 4.09. The number of rotatable bonds is 4. The third-order valence-corrected chi connectivity index (χ3v) is 2.81. The van der Waals surface area contributed by atoms with E-state index in [4.69, 9.17) is 10.5 Å². The molecule has 1 heterocycles. The Bertz CT molecular complexity index is 566. The highest BCUT2D eigenvalue weighted by Gasteiger charge is 2.16. The van der Waals surface area contributed by atoms with Crippen molar-refractivity contribution in [2.45, 2.75) is 13.0 Å². The molecule has 0 saturated heterocycles. The zero-order valence-corrected chi connectivity index (χ0v) is 10.8. The average Bonchev–Trinajstić information content (AvgIpc) is 2.92. The smallest absolute Gasteiger partial charge is 0.254 e. The van der Waals surface area contributed by atoms with Gasteiger partial charge in [0.05, 0.1) is 24.4 Å². The summed E-state index contributed by atoms with van der Waals surface area (Å²) in [7, 11) is 1.51. The Morgan fingerprint density at radius 3 is 2.95 bits per heavy atom. The van der Waals surface area contributed by atoms with Crippen LogP contribution >= 0.6 is 0 Å². The summed E-state index contributed by atoms with van der Waals surface area (Å²) in [5, 5.41) is 2.82. The Morgan fingerprint density at radius 2 is 2.32 bits per heavy atom. The number of para-hydroxylation sites is 1. The van der Waals surface area contributed by atoms with Crippen LogP contribution in [0.1, 0.15) is 29.1 Å². The number of ether oxygens (including phenoxy) is 1. The predicted molar refractivity (Wildman–Crippen MR) is 71.9 cm³/mol. The van der Waals surface area contributed by atoms with Gasteiger partial charge in [0, 0.05) is 12.4 Å². The van der Waals surface area contributed by atoms with Gasteiger partial charge in [-0.2, -0.15) is 0 Å². The van der Waals surface area contributed by atoms with Gasteiger partial charge in [-0.1, -0.05) is 6.07 Å². The Kier molecular flexibility index (Phi) is 3.70. The fourth-order valence-electron chi connectivity index (χ4n) is 1.78. The summed E-state index contributed by atoms with van der Waals surface area (Å²) in [6.45, 7) is 1.84. The van der Waals surface area contributed by atoms with E-state index in [0.717, 1.165) is 0 Å². The van der Waals surface area contributed by atoms with Crippen LogP contribution in [0.2, 0.25) is 0 Å². The van der Waals surface area contributed by atoms with Crippen LogP contribution in [0.25, 0.3) is 0 Å². The number of methoxy groups -OCH3 is 1. The van der Waals surface area contributed by atoms with E-state index in [2.05, 4.69) is 15.3 Å². The predicted octanol–water partition coefficient (Wildman–Crippen LogP) is 1.49. The molecule has 6 nitrogen and oxygen atoms in total. The van der Waals surface area contributed by atoms with E-state index >= 15 is 0 Å². The molecule has 0 aliphatic heterocycles. The highest BCUT2D eigenvalue weighted by molar-refractivity contribution is 6.00. The van der Waals surface area contributed by atoms with E-state index < -0.39 is 0 Å². The van der Waals surface area contributed by atoms with Gasteiger partial charge >= 0.3 is 0 Å². The Labute approximate surface area is 111 Å². The highest BCUT2D eigenvalue weighted by atomic mass is 16.5. The van der Waals surface area contributed by atoms with E-state index in [1.54, 1.807) is 30.6 Å². The Morgan fingerprint density at radius 1 is 1.53 bits per heavy atom. The number of nitrogens with two attached hydrogens (primary N) is 1. The fraction of sp³-hybridized carbons (Fsp3) is 0.231. The molecule has 0 radical (unpaired) electrons. The number of H-pyrrole nitrogens is 1. The number of hydrogen-bond acceptors (Lipinski definition) is 4. The summed E-state index contributed by atoms with van der Waals surface area (Å²) < 4.78 is 5.09. The van der Waals surface area contributed by atoms with Crippen LogP contribution in [0.3, 0.4) is 0 Å². The van der Waals surface area contributed by atoms with E-state index in [-0.39, 0.29) is 11.9 Å². The first-order valence-electron chi connectivity index (χ1n) is 5.86. The van der Waals surface area contributed by atoms with E-state index in [9.17, 15) is 4.79 Å². The maximum Gasteiger partial charge on any atom is 0.254 e. The molecule has 0 spiro atoms. The summed E-state index contributed by atoms with van der Waals surface area (Å²) in [5.74, 6) is 0.911. The molecule has 0 saturated carbocycles. The SMILES string of the molecule is COc1cccc(C(=O)NC(C)c2ncc[nH]2)c1N. The minimum Gasteiger partial charge on any atom is -0.495 e. The third kappa shape index (κ3) is 2.67. The number of carbonyl (C=O) groups is 1. The fourth-order valence-corrected chi connectivity index (χ4v) is 1.78. The van der Waals surface area contributed by atoms with Gasteiger partial charge in [-0.15, -0.1) is 0 Å². The minimum absolute atomic E-state index is 0.229. The topological polar surface area (TPSA) is 93.0 Å². The van der Waals surface area contributed by atoms with Gasteiger partial charge in [0.15, 0.2) is 0 Å². The van der Waals surface area contributed by atoms with Crippen LogP contribution in [0.4, 0.5) is 5.69 Å². The van der Waals surface area contributed by atoms with E-state index in [0.29, 0.717) is 22.8 Å². The largest absolute Gasteiger partial charge is 0.495 e. The van der Waals surface area contributed by atoms with Crippen molar-refractivity contribution in [1.29, 1.82) is 0 Å². The molecule has 6 heteroatoms. The number of nitrogen functional groups attached to an aromatic ring is 1. The van der Waals surface area contributed by atoms with Crippen molar-refractivity contribution < 1.29 is 9.53 Å². The third-order valence-electron chi connectivity index (χ3n) is 2.81. The molecule has 1 aromatic heterocycles. The van der Waals surface area contributed by atoms with Gasteiger partial charge in [0.25, 0.3) is 5.91 Å². The molecule has 2 rings (SSSR count). The summed E-state index contributed by atoms with van der Waals surface area (Å²) in [5.41, 5.74) is 6.59. The summed E-state index contributed by atoms with van der Waals surface area (Å²) in [6, 6.07) is 4.86. The number of nitrogens with one attached hydrogen (secondary N) is 2. The van der Waals surface area contributed by atoms with Crippen molar-refractivity contribution in [3.8, 4) is 5.75 Å². The second-order valence-corrected chi connectivity index (χ2v) is 4.09. The number of aromatic nitrogens is 2. The van der Waals surface area contributed by atoms with Crippen molar-refractivity contribution in [3.63, 3.8) is 0 Å². The van der Waals surface area contributed by atoms with E-state index in [1.807, 2.05) is 6.92 Å². The molecular formula is C13H16N4O2. The highest BCUT2D eigenvalue weighted by Crippen LogP contribution is 2.25. The molecule has 0 bridgehead atoms. The Hall–Kier alpha value is -2.50. The van der Waals surface area contributed by atoms with Gasteiger partial charge in [-0.25, -0.2) is 4.98 Å². The first kappa shape index (κ1) is 12.9. The molecule has 19 heavy (non-hydrogen) atoms. The maximum absolute atomic E-state index is 12.2. The lowest BCUT2D eigenvalue weighted by Crippen LogP contribution is -2.28. The monoisotopic (exact) mass is 260 g/mol. The number of anilines is 1. The lowest BCUT2D eigenvalue weighted by atomic mass is 10.1. The van der Waals surface area contributed by atoms with Crippen molar-refractivity contribution in [2.24, 2.45) is 0 Å². The number of benzene rings is 1. The zero-order valence-electron chi connectivity index (χ0n) is 10.8. The zero-order chi connectivity index (χ0) is 13.8. The summed E-state index contributed by atoms with van der Waals surface area (Å²) in [4.78, 5) is 19.2. The number of carbonyl (C=O) groups excluding carboxylic acids is 1. The van der Waals surface area contributed by atoms with Crippen molar-refractivity contribution in [3.05, 3.63) is 42.0 Å². The molecule has 0 aliphatic rings. The van der Waals surface area contributed by atoms with Gasteiger partial charge < -0.3 is 20.8 Å². The molecule has 1 atom stereocenters. The number of hydrogen-bond donors (Lipinski definition) is 3.